The Morgan fingerprint density at radius 1 is 1.18 bits per heavy atom. The Morgan fingerprint density at radius 3 is 2.59 bits per heavy atom. The summed E-state index contributed by atoms with van der Waals surface area (Å²) in [4.78, 5) is 0. The van der Waals surface area contributed by atoms with Gasteiger partial charge in [0.25, 0.3) is 0 Å². The predicted molar refractivity (Wildman–Crippen MR) is 68.1 cm³/mol. The topological polar surface area (TPSA) is 92.4 Å². The first kappa shape index (κ1) is 14.9. The molecule has 0 aromatic carbocycles. The first-order valence-electron chi connectivity index (χ1n) is 6.43. The number of aliphatic hydroxyl groups excluding tert-OH is 1. The van der Waals surface area contributed by atoms with Crippen molar-refractivity contribution in [2.45, 2.75) is 57.1 Å². The molecule has 1 fully saturated rings. The van der Waals surface area contributed by atoms with E-state index in [-0.39, 0.29) is 11.8 Å². The van der Waals surface area contributed by atoms with Gasteiger partial charge in [0.05, 0.1) is 11.9 Å². The van der Waals surface area contributed by atoms with Crippen molar-refractivity contribution in [1.82, 2.24) is 4.72 Å². The van der Waals surface area contributed by atoms with E-state index < -0.39 is 16.1 Å². The normalized spacial score (nSPS) is 26.7. The van der Waals surface area contributed by atoms with Crippen LogP contribution in [0.4, 0.5) is 0 Å². The third kappa shape index (κ3) is 5.81. The molecule has 17 heavy (non-hydrogen) atoms. The summed E-state index contributed by atoms with van der Waals surface area (Å²) in [6.45, 7) is 0.515. The van der Waals surface area contributed by atoms with Gasteiger partial charge in [-0.25, -0.2) is 13.1 Å². The molecule has 0 spiro atoms. The van der Waals surface area contributed by atoms with E-state index in [4.69, 9.17) is 5.73 Å². The molecule has 2 atom stereocenters. The number of rotatable bonds is 6. The van der Waals surface area contributed by atoms with Crippen molar-refractivity contribution in [3.63, 3.8) is 0 Å². The van der Waals surface area contributed by atoms with Crippen LogP contribution in [0, 0.1) is 0 Å². The molecule has 1 saturated carbocycles. The van der Waals surface area contributed by atoms with Gasteiger partial charge in [0.2, 0.25) is 10.0 Å². The summed E-state index contributed by atoms with van der Waals surface area (Å²) >= 11 is 0. The molecule has 5 nitrogen and oxygen atoms in total. The highest BCUT2D eigenvalue weighted by Gasteiger charge is 2.25. The number of hydrogen-bond acceptors (Lipinski definition) is 4. The van der Waals surface area contributed by atoms with Gasteiger partial charge in [-0.3, -0.25) is 0 Å². The van der Waals surface area contributed by atoms with Crippen LogP contribution in [0.1, 0.15) is 44.9 Å². The molecule has 1 aliphatic rings. The summed E-state index contributed by atoms with van der Waals surface area (Å²) in [5.74, 6) is 0.105. The zero-order valence-electron chi connectivity index (χ0n) is 10.3. The van der Waals surface area contributed by atoms with Gasteiger partial charge >= 0.3 is 0 Å². The van der Waals surface area contributed by atoms with Gasteiger partial charge < -0.3 is 10.8 Å². The van der Waals surface area contributed by atoms with Crippen molar-refractivity contribution < 1.29 is 13.5 Å². The number of aliphatic hydroxyl groups is 1. The van der Waals surface area contributed by atoms with Crippen molar-refractivity contribution in [1.29, 1.82) is 0 Å². The number of nitrogens with one attached hydrogen (secondary N) is 1. The van der Waals surface area contributed by atoms with Gasteiger partial charge in [-0.05, 0) is 32.2 Å². The van der Waals surface area contributed by atoms with Gasteiger partial charge in [0, 0.05) is 6.04 Å². The summed E-state index contributed by atoms with van der Waals surface area (Å²) in [7, 11) is -3.27. The number of hydrogen-bond donors (Lipinski definition) is 3. The van der Waals surface area contributed by atoms with Crippen LogP contribution < -0.4 is 10.5 Å². The predicted octanol–water partition coefficient (Wildman–Crippen LogP) is 0.338. The molecule has 1 rings (SSSR count). The van der Waals surface area contributed by atoms with Crippen molar-refractivity contribution in [2.24, 2.45) is 5.73 Å². The monoisotopic (exact) mass is 264 g/mol. The maximum Gasteiger partial charge on any atom is 0.211 e. The highest BCUT2D eigenvalue weighted by atomic mass is 32.2. The highest BCUT2D eigenvalue weighted by molar-refractivity contribution is 7.89. The molecular weight excluding hydrogens is 240 g/mol. The molecule has 0 aromatic heterocycles. The first-order valence-corrected chi connectivity index (χ1v) is 8.08. The molecule has 0 aromatic rings. The molecule has 0 bridgehead atoms. The van der Waals surface area contributed by atoms with Crippen molar-refractivity contribution in [3.8, 4) is 0 Å². The second-order valence-corrected chi connectivity index (χ2v) is 6.62. The lowest BCUT2D eigenvalue weighted by molar-refractivity contribution is 0.130. The number of unbranched alkanes of at least 4 members (excludes halogenated alkanes) is 1. The Balaban J connectivity index is 2.44. The SMILES string of the molecule is NCCCCS(=O)(=O)NC1CCCCCC1O. The Kier molecular flexibility index (Phi) is 6.40. The van der Waals surface area contributed by atoms with E-state index in [1.54, 1.807) is 0 Å². The fourth-order valence-corrected chi connectivity index (χ4v) is 3.59. The summed E-state index contributed by atoms with van der Waals surface area (Å²) in [5.41, 5.74) is 5.33. The van der Waals surface area contributed by atoms with Crippen LogP contribution in [0.2, 0.25) is 0 Å². The van der Waals surface area contributed by atoms with Crippen LogP contribution in [0.5, 0.6) is 0 Å². The maximum absolute atomic E-state index is 11.8. The highest BCUT2D eigenvalue weighted by Crippen LogP contribution is 2.18. The summed E-state index contributed by atoms with van der Waals surface area (Å²) in [6, 6.07) is -0.305. The molecule has 0 radical (unpaired) electrons. The van der Waals surface area contributed by atoms with Gasteiger partial charge in [-0.2, -0.15) is 0 Å². The molecule has 102 valence electrons. The lowest BCUT2D eigenvalue weighted by Gasteiger charge is -2.21. The summed E-state index contributed by atoms with van der Waals surface area (Å²) < 4.78 is 26.2. The second-order valence-electron chi connectivity index (χ2n) is 4.74. The van der Waals surface area contributed by atoms with Crippen molar-refractivity contribution in [2.75, 3.05) is 12.3 Å². The van der Waals surface area contributed by atoms with Crippen LogP contribution in [-0.4, -0.2) is 38.0 Å². The van der Waals surface area contributed by atoms with Gasteiger partial charge in [0.15, 0.2) is 0 Å². The molecule has 6 heteroatoms. The molecule has 0 aliphatic heterocycles. The molecule has 2 unspecified atom stereocenters. The van der Waals surface area contributed by atoms with Crippen LogP contribution >= 0.6 is 0 Å². The van der Waals surface area contributed by atoms with E-state index in [9.17, 15) is 13.5 Å². The average molecular weight is 264 g/mol. The minimum absolute atomic E-state index is 0.105. The smallest absolute Gasteiger partial charge is 0.211 e. The quantitative estimate of drug-likeness (QED) is 0.476. The van der Waals surface area contributed by atoms with Gasteiger partial charge in [-0.1, -0.05) is 19.3 Å². The minimum Gasteiger partial charge on any atom is -0.391 e. The van der Waals surface area contributed by atoms with Gasteiger partial charge in [-0.15, -0.1) is 0 Å². The standard InChI is InChI=1S/C11H24N2O3S/c12-8-4-5-9-17(15,16)13-10-6-2-1-3-7-11(10)14/h10-11,13-14H,1-9,12H2. The zero-order valence-corrected chi connectivity index (χ0v) is 11.1. The zero-order chi connectivity index (χ0) is 12.7. The summed E-state index contributed by atoms with van der Waals surface area (Å²) in [6.07, 6.45) is 5.21. The molecule has 1 aliphatic carbocycles. The first-order chi connectivity index (χ1) is 8.05. The van der Waals surface area contributed by atoms with E-state index in [1.165, 1.54) is 0 Å². The van der Waals surface area contributed by atoms with Crippen LogP contribution in [0.15, 0.2) is 0 Å². The molecule has 4 N–H and O–H groups in total. The largest absolute Gasteiger partial charge is 0.391 e. The molecular formula is C11H24N2O3S. The fraction of sp³-hybridized carbons (Fsp3) is 1.00. The fourth-order valence-electron chi connectivity index (χ4n) is 2.15. The Morgan fingerprint density at radius 2 is 1.88 bits per heavy atom. The number of sulfonamides is 1. The Hall–Kier alpha value is -0.170. The van der Waals surface area contributed by atoms with Gasteiger partial charge in [0.1, 0.15) is 0 Å². The molecule has 0 amide bonds. The maximum atomic E-state index is 11.8. The third-order valence-electron chi connectivity index (χ3n) is 3.18. The Bertz CT molecular complexity index is 306. The van der Waals surface area contributed by atoms with Crippen LogP contribution in [0.3, 0.4) is 0 Å². The lowest BCUT2D eigenvalue weighted by atomic mass is 10.1. The van der Waals surface area contributed by atoms with E-state index in [2.05, 4.69) is 4.72 Å². The van der Waals surface area contributed by atoms with E-state index in [0.29, 0.717) is 25.8 Å². The second kappa shape index (κ2) is 7.31. The van der Waals surface area contributed by atoms with E-state index >= 15 is 0 Å². The van der Waals surface area contributed by atoms with Crippen molar-refractivity contribution >= 4 is 10.0 Å². The van der Waals surface area contributed by atoms with Crippen molar-refractivity contribution in [3.05, 3.63) is 0 Å². The minimum atomic E-state index is -3.27. The Labute approximate surface area is 104 Å². The third-order valence-corrected chi connectivity index (χ3v) is 4.67. The van der Waals surface area contributed by atoms with E-state index in [1.807, 2.05) is 0 Å². The van der Waals surface area contributed by atoms with E-state index in [0.717, 1.165) is 25.7 Å². The molecule has 0 saturated heterocycles. The molecule has 0 heterocycles. The average Bonchev–Trinajstić information content (AvgIpc) is 2.44. The lowest BCUT2D eigenvalue weighted by Crippen LogP contribution is -2.43. The van der Waals surface area contributed by atoms with Crippen LogP contribution in [0.25, 0.3) is 0 Å². The summed E-state index contributed by atoms with van der Waals surface area (Å²) in [5, 5.41) is 9.84. The van der Waals surface area contributed by atoms with Crippen LogP contribution in [-0.2, 0) is 10.0 Å². The number of nitrogens with two attached hydrogens (primary N) is 1.